The number of hydrogen-bond donors (Lipinski definition) is 3. The molecule has 0 saturated carbocycles. The molecule has 106 valence electrons. The summed E-state index contributed by atoms with van der Waals surface area (Å²) in [5.41, 5.74) is 0.918. The van der Waals surface area contributed by atoms with Crippen molar-refractivity contribution in [1.29, 1.82) is 0 Å². The molecule has 0 fully saturated rings. The van der Waals surface area contributed by atoms with Crippen molar-refractivity contribution in [3.63, 3.8) is 0 Å². The Balaban J connectivity index is 2.73. The molecule has 0 aliphatic carbocycles. The Morgan fingerprint density at radius 2 is 2.11 bits per heavy atom. The summed E-state index contributed by atoms with van der Waals surface area (Å²) >= 11 is 0. The first-order valence-electron chi connectivity index (χ1n) is 5.86. The summed E-state index contributed by atoms with van der Waals surface area (Å²) in [6.45, 7) is 2.44. The van der Waals surface area contributed by atoms with Crippen LogP contribution in [-0.4, -0.2) is 34.0 Å². The number of hydrogen-bond acceptors (Lipinski definition) is 4. The molecule has 19 heavy (non-hydrogen) atoms. The van der Waals surface area contributed by atoms with Gasteiger partial charge < -0.3 is 10.6 Å². The van der Waals surface area contributed by atoms with Gasteiger partial charge in [0.15, 0.2) is 0 Å². The predicted octanol–water partition coefficient (Wildman–Crippen LogP) is -0.187. The number of amides is 1. The standard InChI is InChI=1S/C12H19N3O3S/c1-9(14-2)7-15-12(16)11-5-3-4-10(6-11)8-19(13,17)18/h3-6,9,14H,7-8H2,1-2H3,(H,15,16)(H2,13,17,18). The van der Waals surface area contributed by atoms with Crippen molar-refractivity contribution < 1.29 is 13.2 Å². The van der Waals surface area contributed by atoms with Gasteiger partial charge in [-0.1, -0.05) is 12.1 Å². The van der Waals surface area contributed by atoms with Crippen molar-refractivity contribution in [2.45, 2.75) is 18.7 Å². The number of nitrogens with one attached hydrogen (secondary N) is 2. The number of carbonyl (C=O) groups is 1. The van der Waals surface area contributed by atoms with E-state index >= 15 is 0 Å². The molecule has 1 rings (SSSR count). The second-order valence-corrected chi connectivity index (χ2v) is 6.02. The highest BCUT2D eigenvalue weighted by Gasteiger charge is 2.10. The molecule has 0 aliphatic heterocycles. The van der Waals surface area contributed by atoms with Crippen LogP contribution in [-0.2, 0) is 15.8 Å². The molecule has 0 heterocycles. The molecule has 1 aromatic carbocycles. The monoisotopic (exact) mass is 285 g/mol. The zero-order valence-electron chi connectivity index (χ0n) is 11.0. The van der Waals surface area contributed by atoms with Gasteiger partial charge in [-0.15, -0.1) is 0 Å². The summed E-state index contributed by atoms with van der Waals surface area (Å²) in [6, 6.07) is 6.58. The summed E-state index contributed by atoms with van der Waals surface area (Å²) < 4.78 is 22.0. The van der Waals surface area contributed by atoms with Crippen molar-refractivity contribution in [1.82, 2.24) is 10.6 Å². The SMILES string of the molecule is CNC(C)CNC(=O)c1cccc(CS(N)(=O)=O)c1. The summed E-state index contributed by atoms with van der Waals surface area (Å²) in [5.74, 6) is -0.514. The number of carbonyl (C=O) groups excluding carboxylic acids is 1. The van der Waals surface area contributed by atoms with Crippen molar-refractivity contribution in [2.24, 2.45) is 5.14 Å². The van der Waals surface area contributed by atoms with Crippen molar-refractivity contribution >= 4 is 15.9 Å². The number of likely N-dealkylation sites (N-methyl/N-ethyl adjacent to an activating group) is 1. The van der Waals surface area contributed by atoms with E-state index in [9.17, 15) is 13.2 Å². The largest absolute Gasteiger partial charge is 0.350 e. The van der Waals surface area contributed by atoms with Crippen LogP contribution in [0, 0.1) is 0 Å². The Morgan fingerprint density at radius 3 is 2.68 bits per heavy atom. The van der Waals surface area contributed by atoms with E-state index < -0.39 is 10.0 Å². The fraction of sp³-hybridized carbons (Fsp3) is 0.417. The van der Waals surface area contributed by atoms with Crippen LogP contribution in [0.3, 0.4) is 0 Å². The first-order valence-corrected chi connectivity index (χ1v) is 7.58. The molecule has 0 spiro atoms. The van der Waals surface area contributed by atoms with Gasteiger partial charge >= 0.3 is 0 Å². The van der Waals surface area contributed by atoms with Gasteiger partial charge in [0.05, 0.1) is 5.75 Å². The van der Waals surface area contributed by atoms with Gasteiger partial charge in [-0.25, -0.2) is 13.6 Å². The van der Waals surface area contributed by atoms with Crippen LogP contribution in [0.1, 0.15) is 22.8 Å². The van der Waals surface area contributed by atoms with E-state index in [0.717, 1.165) is 0 Å². The highest BCUT2D eigenvalue weighted by molar-refractivity contribution is 7.88. The number of sulfonamides is 1. The molecular formula is C12H19N3O3S. The third-order valence-corrected chi connectivity index (χ3v) is 3.35. The Hall–Kier alpha value is -1.44. The molecule has 0 radical (unpaired) electrons. The van der Waals surface area contributed by atoms with E-state index in [4.69, 9.17) is 5.14 Å². The van der Waals surface area contributed by atoms with Crippen molar-refractivity contribution in [3.05, 3.63) is 35.4 Å². The fourth-order valence-corrected chi connectivity index (χ4v) is 2.13. The topological polar surface area (TPSA) is 101 Å². The van der Waals surface area contributed by atoms with Gasteiger partial charge in [-0.05, 0) is 31.7 Å². The lowest BCUT2D eigenvalue weighted by Crippen LogP contribution is -2.37. The van der Waals surface area contributed by atoms with E-state index in [1.54, 1.807) is 18.2 Å². The predicted molar refractivity (Wildman–Crippen MR) is 74.1 cm³/mol. The van der Waals surface area contributed by atoms with E-state index in [0.29, 0.717) is 17.7 Å². The van der Waals surface area contributed by atoms with Gasteiger partial charge in [0.2, 0.25) is 10.0 Å². The number of benzene rings is 1. The molecule has 0 aliphatic rings. The van der Waals surface area contributed by atoms with E-state index in [-0.39, 0.29) is 17.7 Å². The van der Waals surface area contributed by atoms with E-state index in [2.05, 4.69) is 10.6 Å². The highest BCUT2D eigenvalue weighted by atomic mass is 32.2. The fourth-order valence-electron chi connectivity index (χ4n) is 1.48. The third-order valence-electron chi connectivity index (χ3n) is 2.62. The Morgan fingerprint density at radius 1 is 1.42 bits per heavy atom. The quantitative estimate of drug-likeness (QED) is 0.674. The average molecular weight is 285 g/mol. The van der Waals surface area contributed by atoms with E-state index in [1.807, 2.05) is 14.0 Å². The third kappa shape index (κ3) is 5.82. The van der Waals surface area contributed by atoms with E-state index in [1.165, 1.54) is 6.07 Å². The van der Waals surface area contributed by atoms with Crippen LogP contribution in [0.2, 0.25) is 0 Å². The summed E-state index contributed by atoms with van der Waals surface area (Å²) in [7, 11) is -1.78. The minimum absolute atomic E-state index is 0.163. The molecule has 4 N–H and O–H groups in total. The molecule has 0 aromatic heterocycles. The zero-order valence-corrected chi connectivity index (χ0v) is 11.8. The lowest BCUT2D eigenvalue weighted by molar-refractivity contribution is 0.0950. The first-order chi connectivity index (χ1) is 8.81. The van der Waals surface area contributed by atoms with Crippen LogP contribution < -0.4 is 15.8 Å². The molecule has 1 unspecified atom stereocenters. The van der Waals surface area contributed by atoms with Crippen molar-refractivity contribution in [2.75, 3.05) is 13.6 Å². The Bertz CT molecular complexity index is 543. The molecule has 6 nitrogen and oxygen atoms in total. The smallest absolute Gasteiger partial charge is 0.251 e. The summed E-state index contributed by atoms with van der Waals surface area (Å²) in [4.78, 5) is 11.9. The van der Waals surface area contributed by atoms with Gasteiger partial charge in [-0.2, -0.15) is 0 Å². The van der Waals surface area contributed by atoms with Crippen molar-refractivity contribution in [3.8, 4) is 0 Å². The number of primary sulfonamides is 1. The molecule has 1 amide bonds. The molecule has 7 heteroatoms. The first kappa shape index (κ1) is 15.6. The molecule has 0 bridgehead atoms. The van der Waals surface area contributed by atoms with Gasteiger partial charge in [-0.3, -0.25) is 4.79 Å². The number of nitrogens with two attached hydrogens (primary N) is 1. The lowest BCUT2D eigenvalue weighted by Gasteiger charge is -2.11. The minimum Gasteiger partial charge on any atom is -0.350 e. The van der Waals surface area contributed by atoms with Gasteiger partial charge in [0.25, 0.3) is 5.91 Å². The molecule has 1 atom stereocenters. The molecular weight excluding hydrogens is 266 g/mol. The Kier molecular flexibility index (Phi) is 5.46. The average Bonchev–Trinajstić information content (AvgIpc) is 2.33. The van der Waals surface area contributed by atoms with Gasteiger partial charge in [0, 0.05) is 18.2 Å². The maximum atomic E-state index is 11.9. The second-order valence-electron chi connectivity index (χ2n) is 4.41. The molecule has 1 aromatic rings. The van der Waals surface area contributed by atoms with Crippen LogP contribution >= 0.6 is 0 Å². The zero-order chi connectivity index (χ0) is 14.5. The van der Waals surface area contributed by atoms with Crippen LogP contribution in [0.4, 0.5) is 0 Å². The van der Waals surface area contributed by atoms with Gasteiger partial charge in [0.1, 0.15) is 0 Å². The molecule has 0 saturated heterocycles. The second kappa shape index (κ2) is 6.65. The minimum atomic E-state index is -3.59. The summed E-state index contributed by atoms with van der Waals surface area (Å²) in [6.07, 6.45) is 0. The highest BCUT2D eigenvalue weighted by Crippen LogP contribution is 2.07. The lowest BCUT2D eigenvalue weighted by atomic mass is 10.1. The van der Waals surface area contributed by atoms with Crippen LogP contribution in [0.5, 0.6) is 0 Å². The normalized spacial score (nSPS) is 13.0. The van der Waals surface area contributed by atoms with Crippen LogP contribution in [0.15, 0.2) is 24.3 Å². The maximum absolute atomic E-state index is 11.9. The Labute approximate surface area is 113 Å². The maximum Gasteiger partial charge on any atom is 0.251 e. The number of rotatable bonds is 6. The van der Waals surface area contributed by atoms with Crippen LogP contribution in [0.25, 0.3) is 0 Å². The summed E-state index contributed by atoms with van der Waals surface area (Å²) in [5, 5.41) is 10.7.